The number of piperidine rings is 1. The number of anilines is 1. The summed E-state index contributed by atoms with van der Waals surface area (Å²) in [6, 6.07) is 2.05. The van der Waals surface area contributed by atoms with E-state index in [1.807, 2.05) is 6.07 Å². The van der Waals surface area contributed by atoms with E-state index in [4.69, 9.17) is 17.0 Å². The van der Waals surface area contributed by atoms with Crippen molar-refractivity contribution in [3.8, 4) is 6.07 Å². The molecule has 2 saturated heterocycles. The molecule has 2 aliphatic rings. The van der Waals surface area contributed by atoms with E-state index in [-0.39, 0.29) is 17.0 Å². The summed E-state index contributed by atoms with van der Waals surface area (Å²) in [6.45, 7) is 6.73. The quantitative estimate of drug-likeness (QED) is 0.367. The molecule has 3 heterocycles. The van der Waals surface area contributed by atoms with Crippen LogP contribution in [0.25, 0.3) is 6.08 Å². The van der Waals surface area contributed by atoms with Crippen LogP contribution in [0.15, 0.2) is 9.70 Å². The number of thiocarbonyl (C=S) groups is 1. The Labute approximate surface area is 192 Å². The van der Waals surface area contributed by atoms with Crippen LogP contribution in [0.4, 0.5) is 5.82 Å². The predicted octanol–water partition coefficient (Wildman–Crippen LogP) is 3.04. The number of nitrogens with zero attached hydrogens (tertiary/aromatic N) is 4. The Kier molecular flexibility index (Phi) is 7.57. The van der Waals surface area contributed by atoms with Gasteiger partial charge in [0.1, 0.15) is 21.8 Å². The number of hydrogen-bond acceptors (Lipinski definition) is 7. The molecule has 1 aromatic rings. The molecule has 2 fully saturated rings. The SMILES string of the molecule is COCCCN1C(=O)/C(=C/c2c(C)c(C#N)c(=O)n(C)c2N2CCC(C)CC2)SC1=S. The minimum absolute atomic E-state index is 0.110. The Hall–Kier alpha value is -2.15. The number of rotatable bonds is 6. The predicted molar refractivity (Wildman–Crippen MR) is 128 cm³/mol. The zero-order chi connectivity index (χ0) is 22.7. The van der Waals surface area contributed by atoms with Crippen LogP contribution in [0.3, 0.4) is 0 Å². The largest absolute Gasteiger partial charge is 0.385 e. The fourth-order valence-corrected chi connectivity index (χ4v) is 5.30. The van der Waals surface area contributed by atoms with Crippen molar-refractivity contribution >= 4 is 46.1 Å². The molecule has 1 amide bonds. The Morgan fingerprint density at radius 2 is 2.00 bits per heavy atom. The molecular formula is C22H28N4O3S2. The lowest BCUT2D eigenvalue weighted by Gasteiger charge is -2.34. The monoisotopic (exact) mass is 460 g/mol. The first kappa shape index (κ1) is 23.5. The lowest BCUT2D eigenvalue weighted by atomic mass is 9.97. The van der Waals surface area contributed by atoms with Crippen LogP contribution in [0.5, 0.6) is 0 Å². The minimum atomic E-state index is -0.308. The highest BCUT2D eigenvalue weighted by molar-refractivity contribution is 8.26. The van der Waals surface area contributed by atoms with E-state index in [9.17, 15) is 14.9 Å². The van der Waals surface area contributed by atoms with E-state index in [1.54, 1.807) is 36.6 Å². The maximum Gasteiger partial charge on any atom is 0.270 e. The molecule has 31 heavy (non-hydrogen) atoms. The molecule has 0 bridgehead atoms. The van der Waals surface area contributed by atoms with Crippen molar-refractivity contribution in [2.75, 3.05) is 38.3 Å². The molecule has 0 aromatic carbocycles. The molecule has 166 valence electrons. The number of amides is 1. The third kappa shape index (κ3) is 4.71. The Balaban J connectivity index is 2.07. The molecule has 0 N–H and O–H groups in total. The number of carbonyl (C=O) groups excluding carboxylic acids is 1. The van der Waals surface area contributed by atoms with Gasteiger partial charge in [-0.05, 0) is 43.7 Å². The summed E-state index contributed by atoms with van der Waals surface area (Å²) >= 11 is 6.69. The summed E-state index contributed by atoms with van der Waals surface area (Å²) in [6.07, 6.45) is 4.58. The zero-order valence-corrected chi connectivity index (χ0v) is 20.1. The summed E-state index contributed by atoms with van der Waals surface area (Å²) in [5.74, 6) is 1.26. The third-order valence-corrected chi connectivity index (χ3v) is 7.31. The van der Waals surface area contributed by atoms with Crippen LogP contribution in [-0.4, -0.2) is 53.0 Å². The van der Waals surface area contributed by atoms with Crippen LogP contribution >= 0.6 is 24.0 Å². The van der Waals surface area contributed by atoms with Gasteiger partial charge < -0.3 is 9.64 Å². The van der Waals surface area contributed by atoms with Crippen molar-refractivity contribution in [3.63, 3.8) is 0 Å². The van der Waals surface area contributed by atoms with Gasteiger partial charge in [-0.3, -0.25) is 19.1 Å². The summed E-state index contributed by atoms with van der Waals surface area (Å²) in [5, 5.41) is 9.59. The molecule has 0 radical (unpaired) electrons. The number of methoxy groups -OCH3 is 1. The van der Waals surface area contributed by atoms with E-state index in [0.717, 1.165) is 37.3 Å². The third-order valence-electron chi connectivity index (χ3n) is 5.93. The molecule has 0 aliphatic carbocycles. The normalized spacial score (nSPS) is 18.9. The number of aromatic nitrogens is 1. The van der Waals surface area contributed by atoms with Crippen molar-refractivity contribution in [3.05, 3.63) is 31.9 Å². The van der Waals surface area contributed by atoms with E-state index < -0.39 is 0 Å². The van der Waals surface area contributed by atoms with Crippen LogP contribution in [-0.2, 0) is 16.6 Å². The smallest absolute Gasteiger partial charge is 0.270 e. The first-order chi connectivity index (χ1) is 14.8. The van der Waals surface area contributed by atoms with Crippen molar-refractivity contribution in [2.24, 2.45) is 13.0 Å². The van der Waals surface area contributed by atoms with Crippen molar-refractivity contribution in [2.45, 2.75) is 33.1 Å². The summed E-state index contributed by atoms with van der Waals surface area (Å²) in [5.41, 5.74) is 1.14. The maximum absolute atomic E-state index is 13.0. The number of carbonyl (C=O) groups is 1. The van der Waals surface area contributed by atoms with E-state index in [0.29, 0.717) is 40.3 Å². The van der Waals surface area contributed by atoms with Gasteiger partial charge in [0.15, 0.2) is 0 Å². The number of hydrogen-bond donors (Lipinski definition) is 0. The van der Waals surface area contributed by atoms with E-state index in [2.05, 4.69) is 11.8 Å². The highest BCUT2D eigenvalue weighted by Crippen LogP contribution is 2.36. The van der Waals surface area contributed by atoms with E-state index >= 15 is 0 Å². The Morgan fingerprint density at radius 1 is 1.32 bits per heavy atom. The average Bonchev–Trinajstić information content (AvgIpc) is 3.01. The number of pyridine rings is 1. The highest BCUT2D eigenvalue weighted by Gasteiger charge is 2.33. The van der Waals surface area contributed by atoms with Crippen molar-refractivity contribution in [1.29, 1.82) is 5.26 Å². The molecule has 0 unspecified atom stereocenters. The molecule has 9 heteroatoms. The van der Waals surface area contributed by atoms with Gasteiger partial charge >= 0.3 is 0 Å². The number of ether oxygens (including phenoxy) is 1. The van der Waals surface area contributed by atoms with Crippen LogP contribution in [0, 0.1) is 24.2 Å². The Bertz CT molecular complexity index is 1020. The lowest BCUT2D eigenvalue weighted by Crippen LogP contribution is -2.38. The summed E-state index contributed by atoms with van der Waals surface area (Å²) < 4.78 is 7.15. The Morgan fingerprint density at radius 3 is 2.61 bits per heavy atom. The molecular weight excluding hydrogens is 432 g/mol. The number of thioether (sulfide) groups is 1. The second-order valence-electron chi connectivity index (χ2n) is 8.06. The van der Waals surface area contributed by atoms with Crippen molar-refractivity contribution < 1.29 is 9.53 Å². The fraction of sp³-hybridized carbons (Fsp3) is 0.545. The summed E-state index contributed by atoms with van der Waals surface area (Å²) in [7, 11) is 3.32. The molecule has 3 rings (SSSR count). The average molecular weight is 461 g/mol. The van der Waals surface area contributed by atoms with Gasteiger partial charge in [-0.25, -0.2) is 0 Å². The fourth-order valence-electron chi connectivity index (χ4n) is 4.01. The van der Waals surface area contributed by atoms with Gasteiger partial charge in [0.05, 0.1) is 4.91 Å². The van der Waals surface area contributed by atoms with Gasteiger partial charge in [-0.2, -0.15) is 5.26 Å². The van der Waals surface area contributed by atoms with Crippen LogP contribution < -0.4 is 10.5 Å². The second-order valence-corrected chi connectivity index (χ2v) is 9.74. The van der Waals surface area contributed by atoms with Crippen LogP contribution in [0.1, 0.15) is 42.9 Å². The molecule has 2 aliphatic heterocycles. The van der Waals surface area contributed by atoms with Gasteiger partial charge in [0.25, 0.3) is 11.5 Å². The van der Waals surface area contributed by atoms with Crippen molar-refractivity contribution in [1.82, 2.24) is 9.47 Å². The molecule has 0 saturated carbocycles. The standard InChI is InChI=1S/C22H28N4O3S2/c1-14-6-9-25(10-7-14)19-16(15(2)17(13-23)20(27)24(19)3)12-18-21(28)26(22(30)31-18)8-5-11-29-4/h12,14H,5-11H2,1-4H3/b18-12-. The van der Waals surface area contributed by atoms with Gasteiger partial charge in [-0.1, -0.05) is 30.9 Å². The minimum Gasteiger partial charge on any atom is -0.385 e. The second kappa shape index (κ2) is 9.98. The molecule has 1 aromatic heterocycles. The highest BCUT2D eigenvalue weighted by atomic mass is 32.2. The summed E-state index contributed by atoms with van der Waals surface area (Å²) in [4.78, 5) is 30.2. The lowest BCUT2D eigenvalue weighted by molar-refractivity contribution is -0.122. The first-order valence-corrected chi connectivity index (χ1v) is 11.7. The first-order valence-electron chi connectivity index (χ1n) is 10.4. The van der Waals surface area contributed by atoms with E-state index in [1.165, 1.54) is 11.8 Å². The molecule has 0 atom stereocenters. The zero-order valence-electron chi connectivity index (χ0n) is 18.4. The van der Waals surface area contributed by atoms with Crippen LogP contribution in [0.2, 0.25) is 0 Å². The molecule has 0 spiro atoms. The number of nitriles is 1. The van der Waals surface area contributed by atoms with Gasteiger partial charge in [0, 0.05) is 46.0 Å². The topological polar surface area (TPSA) is 78.6 Å². The maximum atomic E-state index is 13.0. The molecule has 7 nitrogen and oxygen atoms in total. The van der Waals surface area contributed by atoms with Gasteiger partial charge in [-0.15, -0.1) is 0 Å². The van der Waals surface area contributed by atoms with Gasteiger partial charge in [0.2, 0.25) is 0 Å².